The Kier molecular flexibility index (Phi) is 6.70. The van der Waals surface area contributed by atoms with Gasteiger partial charge in [-0.15, -0.1) is 0 Å². The highest BCUT2D eigenvalue weighted by Crippen LogP contribution is 2.04. The van der Waals surface area contributed by atoms with Crippen LogP contribution in [0.2, 0.25) is 0 Å². The van der Waals surface area contributed by atoms with Crippen molar-refractivity contribution in [2.24, 2.45) is 0 Å². The minimum Gasteiger partial charge on any atom is -0.327 e. The molecule has 2 N–H and O–H groups in total. The van der Waals surface area contributed by atoms with E-state index in [1.165, 1.54) is 5.56 Å². The van der Waals surface area contributed by atoms with Gasteiger partial charge in [-0.2, -0.15) is 0 Å². The first-order valence-electron chi connectivity index (χ1n) is 7.52. The monoisotopic (exact) mass is 307 g/mol. The van der Waals surface area contributed by atoms with E-state index in [1.54, 1.807) is 0 Å². The van der Waals surface area contributed by atoms with Crippen LogP contribution in [0.25, 0.3) is 0 Å². The molecule has 2 aromatic rings. The normalized spacial score (nSPS) is 9.83. The molecule has 0 saturated carbocycles. The number of urea groups is 1. The van der Waals surface area contributed by atoms with Gasteiger partial charge in [-0.3, -0.25) is 4.90 Å². The highest BCUT2D eigenvalue weighted by Gasteiger charge is 1.99. The second-order valence-electron chi connectivity index (χ2n) is 5.19. The zero-order chi connectivity index (χ0) is 16.3. The Morgan fingerprint density at radius 1 is 1.00 bits per heavy atom. The summed E-state index contributed by atoms with van der Waals surface area (Å²) in [6.45, 7) is 1.85. The summed E-state index contributed by atoms with van der Waals surface area (Å²) in [5.74, 6) is 6.01. The fourth-order valence-electron chi connectivity index (χ4n) is 2.03. The molecular formula is C19H21N3O. The van der Waals surface area contributed by atoms with Crippen LogP contribution >= 0.6 is 0 Å². The average molecular weight is 307 g/mol. The molecule has 4 nitrogen and oxygen atoms in total. The minimum absolute atomic E-state index is 0.247. The second-order valence-corrected chi connectivity index (χ2v) is 5.19. The fourth-order valence-corrected chi connectivity index (χ4v) is 2.03. The van der Waals surface area contributed by atoms with Crippen molar-refractivity contribution in [2.75, 3.05) is 25.5 Å². The van der Waals surface area contributed by atoms with Crippen LogP contribution in [0.15, 0.2) is 60.7 Å². The molecule has 0 bridgehead atoms. The smallest absolute Gasteiger partial charge is 0.319 e. The van der Waals surface area contributed by atoms with Crippen LogP contribution in [0, 0.1) is 11.8 Å². The average Bonchev–Trinajstić information content (AvgIpc) is 2.56. The number of rotatable bonds is 5. The molecule has 0 fully saturated rings. The van der Waals surface area contributed by atoms with Crippen molar-refractivity contribution in [1.29, 1.82) is 0 Å². The van der Waals surface area contributed by atoms with E-state index in [0.717, 1.165) is 12.2 Å². The number of anilines is 1. The molecule has 0 unspecified atom stereocenters. The molecule has 0 aromatic heterocycles. The van der Waals surface area contributed by atoms with Crippen molar-refractivity contribution in [1.82, 2.24) is 10.2 Å². The molecule has 0 spiro atoms. The van der Waals surface area contributed by atoms with E-state index in [2.05, 4.69) is 39.5 Å². The van der Waals surface area contributed by atoms with E-state index in [0.29, 0.717) is 13.1 Å². The zero-order valence-corrected chi connectivity index (χ0v) is 13.3. The highest BCUT2D eigenvalue weighted by molar-refractivity contribution is 5.89. The Bertz CT molecular complexity index is 659. The summed E-state index contributed by atoms with van der Waals surface area (Å²) < 4.78 is 0. The van der Waals surface area contributed by atoms with Gasteiger partial charge in [-0.05, 0) is 24.7 Å². The third kappa shape index (κ3) is 6.68. The van der Waals surface area contributed by atoms with Gasteiger partial charge in [0, 0.05) is 12.2 Å². The molecule has 0 aliphatic heterocycles. The first-order valence-corrected chi connectivity index (χ1v) is 7.52. The molecule has 2 aromatic carbocycles. The lowest BCUT2D eigenvalue weighted by Gasteiger charge is -2.12. The maximum atomic E-state index is 11.7. The van der Waals surface area contributed by atoms with Gasteiger partial charge in [-0.1, -0.05) is 60.4 Å². The van der Waals surface area contributed by atoms with E-state index < -0.39 is 0 Å². The number of hydrogen-bond acceptors (Lipinski definition) is 2. The highest BCUT2D eigenvalue weighted by atomic mass is 16.2. The summed E-state index contributed by atoms with van der Waals surface area (Å²) in [6.07, 6.45) is 0. The summed E-state index contributed by atoms with van der Waals surface area (Å²) >= 11 is 0. The molecule has 2 amide bonds. The molecule has 4 heteroatoms. The zero-order valence-electron chi connectivity index (χ0n) is 13.3. The largest absolute Gasteiger partial charge is 0.327 e. The van der Waals surface area contributed by atoms with Gasteiger partial charge in [0.25, 0.3) is 0 Å². The minimum atomic E-state index is -0.247. The summed E-state index contributed by atoms with van der Waals surface area (Å²) in [4.78, 5) is 13.8. The number of benzene rings is 2. The van der Waals surface area contributed by atoms with Crippen molar-refractivity contribution in [3.05, 3.63) is 66.2 Å². The van der Waals surface area contributed by atoms with Crippen molar-refractivity contribution < 1.29 is 4.79 Å². The Balaban J connectivity index is 1.64. The molecule has 118 valence electrons. The number of para-hydroxylation sites is 1. The molecule has 0 atom stereocenters. The lowest BCUT2D eigenvalue weighted by atomic mass is 10.2. The van der Waals surface area contributed by atoms with Gasteiger partial charge in [0.2, 0.25) is 0 Å². The third-order valence-electron chi connectivity index (χ3n) is 3.14. The van der Waals surface area contributed by atoms with Crippen molar-refractivity contribution >= 4 is 11.7 Å². The van der Waals surface area contributed by atoms with Gasteiger partial charge < -0.3 is 10.6 Å². The summed E-state index contributed by atoms with van der Waals surface area (Å²) in [5, 5.41) is 5.46. The molecule has 0 radical (unpaired) electrons. The number of nitrogens with one attached hydrogen (secondary N) is 2. The number of carbonyl (C=O) groups is 1. The summed E-state index contributed by atoms with van der Waals surface area (Å²) in [5.41, 5.74) is 2.03. The van der Waals surface area contributed by atoms with E-state index in [1.807, 2.05) is 55.6 Å². The predicted molar refractivity (Wildman–Crippen MR) is 94.0 cm³/mol. The van der Waals surface area contributed by atoms with Crippen LogP contribution in [0.1, 0.15) is 5.56 Å². The maximum absolute atomic E-state index is 11.7. The molecule has 0 saturated heterocycles. The van der Waals surface area contributed by atoms with E-state index in [4.69, 9.17) is 0 Å². The summed E-state index contributed by atoms with van der Waals surface area (Å²) in [7, 11) is 2.03. The van der Waals surface area contributed by atoms with Crippen LogP contribution in [0.3, 0.4) is 0 Å². The Morgan fingerprint density at radius 3 is 2.35 bits per heavy atom. The van der Waals surface area contributed by atoms with Crippen molar-refractivity contribution in [2.45, 2.75) is 6.54 Å². The summed E-state index contributed by atoms with van der Waals surface area (Å²) in [6, 6.07) is 19.3. The maximum Gasteiger partial charge on any atom is 0.319 e. The second kappa shape index (κ2) is 9.29. The van der Waals surface area contributed by atoms with Gasteiger partial charge >= 0.3 is 6.03 Å². The van der Waals surface area contributed by atoms with Crippen LogP contribution in [0.4, 0.5) is 10.5 Å². The first kappa shape index (κ1) is 16.6. The molecule has 0 aliphatic carbocycles. The predicted octanol–water partition coefficient (Wildman–Crippen LogP) is 2.94. The molecule has 0 heterocycles. The lowest BCUT2D eigenvalue weighted by molar-refractivity contribution is 0.253. The molecular weight excluding hydrogens is 286 g/mol. The first-order chi connectivity index (χ1) is 11.2. The Hall–Kier alpha value is -2.77. The van der Waals surface area contributed by atoms with E-state index in [-0.39, 0.29) is 6.03 Å². The number of carbonyl (C=O) groups excluding carboxylic acids is 1. The van der Waals surface area contributed by atoms with Gasteiger partial charge in [-0.25, -0.2) is 4.79 Å². The Labute approximate surface area is 137 Å². The third-order valence-corrected chi connectivity index (χ3v) is 3.14. The Morgan fingerprint density at radius 2 is 1.65 bits per heavy atom. The van der Waals surface area contributed by atoms with E-state index in [9.17, 15) is 4.79 Å². The molecule has 2 rings (SSSR count). The number of amides is 2. The van der Waals surface area contributed by atoms with Crippen LogP contribution in [-0.2, 0) is 6.54 Å². The SMILES string of the molecule is CN(CC#CCNC(=O)Nc1ccccc1)Cc1ccccc1. The van der Waals surface area contributed by atoms with Gasteiger partial charge in [0.15, 0.2) is 0 Å². The fraction of sp³-hybridized carbons (Fsp3) is 0.211. The van der Waals surface area contributed by atoms with Crippen LogP contribution in [-0.4, -0.2) is 31.1 Å². The van der Waals surface area contributed by atoms with Gasteiger partial charge in [0.05, 0.1) is 13.1 Å². The molecule has 0 aliphatic rings. The van der Waals surface area contributed by atoms with E-state index >= 15 is 0 Å². The van der Waals surface area contributed by atoms with Crippen molar-refractivity contribution in [3.63, 3.8) is 0 Å². The quantitative estimate of drug-likeness (QED) is 0.834. The topological polar surface area (TPSA) is 44.4 Å². The number of nitrogens with zero attached hydrogens (tertiary/aromatic N) is 1. The van der Waals surface area contributed by atoms with Gasteiger partial charge in [0.1, 0.15) is 0 Å². The standard InChI is InChI=1S/C19H21N3O/c1-22(16-17-10-4-2-5-11-17)15-9-8-14-20-19(23)21-18-12-6-3-7-13-18/h2-7,10-13H,14-16H2,1H3,(H2,20,21,23). The van der Waals surface area contributed by atoms with Crippen LogP contribution < -0.4 is 10.6 Å². The van der Waals surface area contributed by atoms with Crippen molar-refractivity contribution in [3.8, 4) is 11.8 Å². The lowest BCUT2D eigenvalue weighted by Crippen LogP contribution is -2.29. The van der Waals surface area contributed by atoms with Crippen LogP contribution in [0.5, 0.6) is 0 Å². The number of hydrogen-bond donors (Lipinski definition) is 2. The molecule has 23 heavy (non-hydrogen) atoms.